The van der Waals surface area contributed by atoms with Crippen LogP contribution in [0.25, 0.3) is 0 Å². The van der Waals surface area contributed by atoms with Gasteiger partial charge in [-0.05, 0) is 36.1 Å². The van der Waals surface area contributed by atoms with Gasteiger partial charge in [-0.1, -0.05) is 0 Å². The quantitative estimate of drug-likeness (QED) is 0.152. The number of aliphatic hydroxyl groups is 2. The van der Waals surface area contributed by atoms with Crippen molar-refractivity contribution >= 4 is 11.9 Å². The third-order valence-electron chi connectivity index (χ3n) is 4.09. The first-order chi connectivity index (χ1) is 15.5. The second-order valence-electron chi connectivity index (χ2n) is 6.22. The van der Waals surface area contributed by atoms with Gasteiger partial charge in [-0.25, -0.2) is 9.59 Å². The standard InChI is InChI=1S/C20H30O12/c21-11-31-13-29-7-5-27-3-1-15-9-16(19(23)24)10-18(20(25)26)17(15)2-4-28-6-8-30-14-32-12-22/h9-10,21-22H,1-8,11-14H2,(H,23,24)(H,25,26). The first-order valence-electron chi connectivity index (χ1n) is 9.81. The van der Waals surface area contributed by atoms with Gasteiger partial charge in [0.2, 0.25) is 0 Å². The second-order valence-corrected chi connectivity index (χ2v) is 6.22. The monoisotopic (exact) mass is 462 g/mol. The van der Waals surface area contributed by atoms with Crippen molar-refractivity contribution in [3.8, 4) is 0 Å². The summed E-state index contributed by atoms with van der Waals surface area (Å²) in [5.74, 6) is -2.45. The normalized spacial score (nSPS) is 11.1. The Balaban J connectivity index is 2.67. The van der Waals surface area contributed by atoms with Gasteiger partial charge in [0.15, 0.2) is 0 Å². The second kappa shape index (κ2) is 17.4. The van der Waals surface area contributed by atoms with Crippen LogP contribution in [-0.2, 0) is 41.3 Å². The highest BCUT2D eigenvalue weighted by atomic mass is 16.7. The molecule has 1 rings (SSSR count). The third-order valence-corrected chi connectivity index (χ3v) is 4.09. The van der Waals surface area contributed by atoms with E-state index in [1.54, 1.807) is 0 Å². The van der Waals surface area contributed by atoms with E-state index in [0.29, 0.717) is 17.5 Å². The highest BCUT2D eigenvalue weighted by molar-refractivity contribution is 5.95. The van der Waals surface area contributed by atoms with E-state index in [2.05, 4.69) is 9.47 Å². The number of carboxylic acids is 2. The highest BCUT2D eigenvalue weighted by Crippen LogP contribution is 2.20. The molecule has 0 aliphatic carbocycles. The van der Waals surface area contributed by atoms with Crippen LogP contribution in [0, 0.1) is 0 Å². The zero-order valence-electron chi connectivity index (χ0n) is 17.7. The molecule has 12 nitrogen and oxygen atoms in total. The fraction of sp³-hybridized carbons (Fsp3) is 0.600. The summed E-state index contributed by atoms with van der Waals surface area (Å²) in [7, 11) is 0. The van der Waals surface area contributed by atoms with E-state index in [0.717, 1.165) is 6.07 Å². The Kier molecular flexibility index (Phi) is 15.2. The Morgan fingerprint density at radius 1 is 0.656 bits per heavy atom. The minimum Gasteiger partial charge on any atom is -0.478 e. The molecule has 0 unspecified atom stereocenters. The van der Waals surface area contributed by atoms with Crippen LogP contribution in [0.1, 0.15) is 31.8 Å². The maximum absolute atomic E-state index is 11.7. The number of carbonyl (C=O) groups is 2. The zero-order valence-corrected chi connectivity index (χ0v) is 17.7. The van der Waals surface area contributed by atoms with E-state index in [1.165, 1.54) is 6.07 Å². The number of hydrogen-bond donors (Lipinski definition) is 4. The van der Waals surface area contributed by atoms with Crippen molar-refractivity contribution in [1.82, 2.24) is 0 Å². The summed E-state index contributed by atoms with van der Waals surface area (Å²) in [6.45, 7) is 0.364. The van der Waals surface area contributed by atoms with E-state index >= 15 is 0 Å². The van der Waals surface area contributed by atoms with Gasteiger partial charge in [0.25, 0.3) is 0 Å². The predicted molar refractivity (Wildman–Crippen MR) is 107 cm³/mol. The molecular formula is C20H30O12. The molecule has 1 aromatic carbocycles. The summed E-state index contributed by atoms with van der Waals surface area (Å²) in [5.41, 5.74) is 0.802. The Labute approximate surface area is 185 Å². The van der Waals surface area contributed by atoms with Gasteiger partial charge < -0.3 is 48.8 Å². The van der Waals surface area contributed by atoms with Crippen LogP contribution in [0.5, 0.6) is 0 Å². The molecule has 0 heterocycles. The molecule has 0 amide bonds. The number of aliphatic hydroxyl groups excluding tert-OH is 2. The minimum atomic E-state index is -1.23. The number of hydrogen-bond acceptors (Lipinski definition) is 10. The average Bonchev–Trinajstić information content (AvgIpc) is 2.77. The molecule has 0 fully saturated rings. The Morgan fingerprint density at radius 3 is 1.69 bits per heavy atom. The van der Waals surface area contributed by atoms with Crippen molar-refractivity contribution in [2.45, 2.75) is 12.8 Å². The summed E-state index contributed by atoms with van der Waals surface area (Å²) in [6, 6.07) is 2.57. The van der Waals surface area contributed by atoms with Crippen LogP contribution in [0.3, 0.4) is 0 Å². The van der Waals surface area contributed by atoms with Crippen molar-refractivity contribution in [3.63, 3.8) is 0 Å². The lowest BCUT2D eigenvalue weighted by atomic mass is 9.93. The fourth-order valence-electron chi connectivity index (χ4n) is 2.67. The van der Waals surface area contributed by atoms with Crippen molar-refractivity contribution in [1.29, 1.82) is 0 Å². The Morgan fingerprint density at radius 2 is 1.19 bits per heavy atom. The molecule has 0 radical (unpaired) electrons. The van der Waals surface area contributed by atoms with Crippen LogP contribution in [0.2, 0.25) is 0 Å². The fourth-order valence-corrected chi connectivity index (χ4v) is 2.67. The van der Waals surface area contributed by atoms with Gasteiger partial charge in [0, 0.05) is 0 Å². The minimum absolute atomic E-state index is 0.0634. The molecule has 32 heavy (non-hydrogen) atoms. The third kappa shape index (κ3) is 11.5. The molecule has 0 bridgehead atoms. The number of carboxylic acid groups (broad SMARTS) is 2. The first-order valence-corrected chi connectivity index (χ1v) is 9.81. The number of ether oxygens (including phenoxy) is 6. The lowest BCUT2D eigenvalue weighted by Gasteiger charge is -2.15. The molecule has 4 N–H and O–H groups in total. The van der Waals surface area contributed by atoms with Gasteiger partial charge in [0.05, 0.1) is 50.8 Å². The molecule has 12 heteroatoms. The summed E-state index contributed by atoms with van der Waals surface area (Å²) in [5, 5.41) is 35.8. The van der Waals surface area contributed by atoms with Crippen LogP contribution in [0.15, 0.2) is 12.1 Å². The number of benzene rings is 1. The number of rotatable bonds is 20. The van der Waals surface area contributed by atoms with E-state index in [9.17, 15) is 19.8 Å². The molecule has 0 aliphatic heterocycles. The van der Waals surface area contributed by atoms with E-state index in [-0.39, 0.29) is 70.8 Å². The zero-order chi connectivity index (χ0) is 23.6. The van der Waals surface area contributed by atoms with Crippen LogP contribution in [-0.4, -0.2) is 99.2 Å². The lowest BCUT2D eigenvalue weighted by Crippen LogP contribution is -2.15. The average molecular weight is 462 g/mol. The van der Waals surface area contributed by atoms with E-state index in [1.807, 2.05) is 0 Å². The number of aromatic carboxylic acids is 2. The Hall–Kier alpha value is -2.16. The highest BCUT2D eigenvalue weighted by Gasteiger charge is 2.18. The van der Waals surface area contributed by atoms with Gasteiger partial charge in [0.1, 0.15) is 27.2 Å². The lowest BCUT2D eigenvalue weighted by molar-refractivity contribution is -0.115. The van der Waals surface area contributed by atoms with E-state index in [4.69, 9.17) is 29.2 Å². The Bertz CT molecular complexity index is 679. The molecular weight excluding hydrogens is 432 g/mol. The van der Waals surface area contributed by atoms with Crippen molar-refractivity contribution in [2.75, 3.05) is 66.8 Å². The van der Waals surface area contributed by atoms with Crippen LogP contribution in [0.4, 0.5) is 0 Å². The summed E-state index contributed by atoms with van der Waals surface area (Å²) < 4.78 is 30.2. The van der Waals surface area contributed by atoms with Crippen molar-refractivity contribution < 1.29 is 58.4 Å². The molecule has 0 atom stereocenters. The van der Waals surface area contributed by atoms with Gasteiger partial charge in [-0.15, -0.1) is 0 Å². The van der Waals surface area contributed by atoms with Gasteiger partial charge in [-0.3, -0.25) is 0 Å². The molecule has 0 aliphatic rings. The molecule has 1 aromatic rings. The topological polar surface area (TPSA) is 170 Å². The van der Waals surface area contributed by atoms with Gasteiger partial charge >= 0.3 is 11.9 Å². The summed E-state index contributed by atoms with van der Waals surface area (Å²) >= 11 is 0. The van der Waals surface area contributed by atoms with E-state index < -0.39 is 25.5 Å². The van der Waals surface area contributed by atoms with Crippen molar-refractivity contribution in [3.05, 3.63) is 34.4 Å². The van der Waals surface area contributed by atoms with Crippen LogP contribution < -0.4 is 0 Å². The van der Waals surface area contributed by atoms with Gasteiger partial charge in [-0.2, -0.15) is 0 Å². The molecule has 0 saturated heterocycles. The maximum Gasteiger partial charge on any atom is 0.335 e. The smallest absolute Gasteiger partial charge is 0.335 e. The van der Waals surface area contributed by atoms with Crippen molar-refractivity contribution in [2.24, 2.45) is 0 Å². The molecule has 0 saturated carbocycles. The molecule has 182 valence electrons. The maximum atomic E-state index is 11.7. The largest absolute Gasteiger partial charge is 0.478 e. The summed E-state index contributed by atoms with van der Waals surface area (Å²) in [6.07, 6.45) is 0.553. The molecule has 0 spiro atoms. The summed E-state index contributed by atoms with van der Waals surface area (Å²) in [4.78, 5) is 23.1. The first kappa shape index (κ1) is 27.9. The predicted octanol–water partition coefficient (Wildman–Crippen LogP) is 0.0822. The molecule has 0 aromatic heterocycles. The van der Waals surface area contributed by atoms with Crippen LogP contribution >= 0.6 is 0 Å². The SMILES string of the molecule is O=C(O)c1cc(CCOCCOCOCO)c(CCOCCOCOCO)c(C(=O)O)c1.